The van der Waals surface area contributed by atoms with Gasteiger partial charge >= 0.3 is 0 Å². The van der Waals surface area contributed by atoms with E-state index in [1.54, 1.807) is 35.4 Å². The van der Waals surface area contributed by atoms with Crippen molar-refractivity contribution in [2.24, 2.45) is 181 Å². The van der Waals surface area contributed by atoms with Crippen molar-refractivity contribution in [3.05, 3.63) is 218 Å². The molecule has 5 aromatic rings. The molecule has 0 bridgehead atoms. The molecule has 0 radical (unpaired) electrons. The van der Waals surface area contributed by atoms with Gasteiger partial charge in [0.2, 0.25) is 0 Å². The first-order chi connectivity index (χ1) is 72.0. The Morgan fingerprint density at radius 1 is 0.367 bits per heavy atom. The highest BCUT2D eigenvalue weighted by molar-refractivity contribution is 6.30. The van der Waals surface area contributed by atoms with Crippen LogP contribution in [0.5, 0.6) is 0 Å². The van der Waals surface area contributed by atoms with Crippen molar-refractivity contribution >= 4 is 11.6 Å². The summed E-state index contributed by atoms with van der Waals surface area (Å²) in [6.45, 7) is 42.4. The molecular formula is C132H180ClF2N9O6. The highest BCUT2D eigenvalue weighted by Gasteiger charge is 2.65. The largest absolute Gasteiger partial charge is 0.390 e. The molecule has 5 heterocycles. The second-order valence-corrected chi connectivity index (χ2v) is 55.3. The molecule has 18 heteroatoms. The molecule has 0 saturated heterocycles. The molecule has 35 atom stereocenters. The number of ether oxygens (including phenoxy) is 1. The van der Waals surface area contributed by atoms with Crippen molar-refractivity contribution in [2.45, 2.75) is 378 Å². The van der Waals surface area contributed by atoms with E-state index in [4.69, 9.17) is 16.3 Å². The normalized spacial score (nSPS) is 43.1. The molecular weight excluding hydrogens is 1880 g/mol. The summed E-state index contributed by atoms with van der Waals surface area (Å²) < 4.78 is 40.9. The predicted octanol–water partition coefficient (Wildman–Crippen LogP) is 27.9. The molecule has 150 heavy (non-hydrogen) atoms. The van der Waals surface area contributed by atoms with Gasteiger partial charge in [0.05, 0.1) is 49.4 Å². The SMILES string of the molecule is C=C(Cn1cccc1)[C@H]1CC[C@H]2[C@@H]3CC=C4C[C@](O)(C#CC5CC5)CC[C@@H]4[C@H]3CC[C@]12C.C=C(Cn1cccc1)[C@H]1CC[C@H]2[C@@H]3CC=C4C[C@](O)(C#CCl)CC[C@@H]4[C@H]3CC[C@]12C.C=C(Cn1ccnc1)[C@H]1CC[C@H]2[C@@H]3CC=C4C[C@](O)(C(F)F)CC[C@@H]4[C@H]3CC[C@]12C.C=C(Cn1ccnc1)[C@H]1CC[C@H]2[C@@H]3CC=C4C[C@](O)(COC)CC[C@@H]4[C@H]3CC[C@]12C.C=C(Cn1nccn1)[C@H]1CC[C@H]2[C@@H]3CC=C4C[C@@](C)(O)CC[C@@H]4[C@H]3CC[C@]12C. The maximum atomic E-state index is 13.4. The highest BCUT2D eigenvalue weighted by atomic mass is 35.5. The van der Waals surface area contributed by atoms with Gasteiger partial charge in [-0.1, -0.05) is 171 Å². The quantitative estimate of drug-likeness (QED) is 0.0417. The lowest BCUT2D eigenvalue weighted by Crippen LogP contribution is -2.49. The minimum absolute atomic E-state index is 0.171. The van der Waals surface area contributed by atoms with Gasteiger partial charge in [0.15, 0.2) is 0 Å². The zero-order valence-electron chi connectivity index (χ0n) is 92.0. The van der Waals surface area contributed by atoms with Gasteiger partial charge < -0.3 is 48.5 Å². The van der Waals surface area contributed by atoms with E-state index in [1.807, 2.05) is 38.2 Å². The first kappa shape index (κ1) is 107. The number of nitrogens with zero attached hydrogens (tertiary/aromatic N) is 9. The van der Waals surface area contributed by atoms with Gasteiger partial charge in [0.1, 0.15) is 16.8 Å². The van der Waals surface area contributed by atoms with Gasteiger partial charge in [-0.25, -0.2) is 18.7 Å². The van der Waals surface area contributed by atoms with Crippen LogP contribution in [0.1, 0.15) is 311 Å². The molecule has 16 saturated carbocycles. The third-order valence-electron chi connectivity index (χ3n) is 47.3. The Morgan fingerprint density at radius 2 is 0.693 bits per heavy atom. The smallest absolute Gasteiger partial charge is 0.267 e. The molecule has 26 rings (SSSR count). The van der Waals surface area contributed by atoms with Gasteiger partial charge in [-0.3, -0.25) is 0 Å². The predicted molar refractivity (Wildman–Crippen MR) is 594 cm³/mol. The molecule has 21 aliphatic carbocycles. The average Bonchev–Trinajstić information content (AvgIpc) is 1.55. The Balaban J connectivity index is 0.000000106. The van der Waals surface area contributed by atoms with Crippen LogP contribution in [0.25, 0.3) is 0 Å². The molecule has 16 fully saturated rings. The van der Waals surface area contributed by atoms with Crippen LogP contribution in [0.4, 0.5) is 8.78 Å². The van der Waals surface area contributed by atoms with Crippen LogP contribution in [0.2, 0.25) is 0 Å². The number of hydrogen-bond donors (Lipinski definition) is 5. The Bertz CT molecular complexity index is 5980. The number of imidazole rings is 2. The van der Waals surface area contributed by atoms with Crippen LogP contribution in [0.15, 0.2) is 218 Å². The van der Waals surface area contributed by atoms with Crippen LogP contribution in [-0.4, -0.2) is 117 Å². The fourth-order valence-electron chi connectivity index (χ4n) is 40.1. The summed E-state index contributed by atoms with van der Waals surface area (Å²) in [5.74, 6) is 28.1. The molecule has 5 N–H and O–H groups in total. The van der Waals surface area contributed by atoms with Gasteiger partial charge in [0, 0.05) is 113 Å². The summed E-state index contributed by atoms with van der Waals surface area (Å²) in [6.07, 6.45) is 80.2. The molecule has 0 unspecified atom stereocenters. The Morgan fingerprint density at radius 3 is 1.04 bits per heavy atom. The molecule has 21 aliphatic rings. The summed E-state index contributed by atoms with van der Waals surface area (Å²) in [5, 5.41) is 64.8. The molecule has 0 spiro atoms. The van der Waals surface area contributed by atoms with E-state index in [-0.39, 0.29) is 12.8 Å². The number of fused-ring (bicyclic) bond motifs is 25. The third kappa shape index (κ3) is 20.5. The number of alkyl halides is 2. The zero-order valence-corrected chi connectivity index (χ0v) is 92.7. The van der Waals surface area contributed by atoms with Gasteiger partial charge in [0.25, 0.3) is 6.43 Å². The molecule has 15 nitrogen and oxygen atoms in total. The van der Waals surface area contributed by atoms with E-state index in [1.165, 1.54) is 212 Å². The third-order valence-corrected chi connectivity index (χ3v) is 47.4. The van der Waals surface area contributed by atoms with Crippen molar-refractivity contribution in [1.29, 1.82) is 0 Å². The van der Waals surface area contributed by atoms with Gasteiger partial charge in [-0.2, -0.15) is 15.0 Å². The summed E-state index contributed by atoms with van der Waals surface area (Å²) in [5.41, 5.74) is 11.4. The number of halogens is 3. The maximum absolute atomic E-state index is 13.4. The average molecular weight is 2060 g/mol. The number of allylic oxidation sites excluding steroid dienone is 10. The van der Waals surface area contributed by atoms with E-state index >= 15 is 0 Å². The monoisotopic (exact) mass is 2060 g/mol. The molecule has 0 amide bonds. The van der Waals surface area contributed by atoms with E-state index in [0.717, 1.165) is 186 Å². The minimum atomic E-state index is -2.65. The first-order valence-corrected chi connectivity index (χ1v) is 60.2. The molecule has 0 aromatic carbocycles. The van der Waals surface area contributed by atoms with E-state index < -0.39 is 34.4 Å². The van der Waals surface area contributed by atoms with Gasteiger partial charge in [-0.15, -0.1) is 0 Å². The highest BCUT2D eigenvalue weighted by Crippen LogP contribution is 2.72. The summed E-state index contributed by atoms with van der Waals surface area (Å²) in [6, 6.07) is 8.44. The van der Waals surface area contributed by atoms with E-state index in [9.17, 15) is 34.3 Å². The van der Waals surface area contributed by atoms with E-state index in [2.05, 4.69) is 215 Å². The maximum Gasteiger partial charge on any atom is 0.267 e. The van der Waals surface area contributed by atoms with Crippen LogP contribution in [-0.2, 0) is 37.5 Å². The van der Waals surface area contributed by atoms with Crippen molar-refractivity contribution in [3.63, 3.8) is 0 Å². The first-order valence-electron chi connectivity index (χ1n) is 59.9. The van der Waals surface area contributed by atoms with Crippen molar-refractivity contribution < 1.29 is 39.1 Å². The van der Waals surface area contributed by atoms with Crippen LogP contribution < -0.4 is 0 Å². The van der Waals surface area contributed by atoms with Crippen LogP contribution in [0.3, 0.4) is 0 Å². The fraction of sp³-hybridized carbons (Fsp3) is 0.697. The second-order valence-electron chi connectivity index (χ2n) is 55.1. The fourth-order valence-corrected chi connectivity index (χ4v) is 40.3. The van der Waals surface area contributed by atoms with Crippen LogP contribution >= 0.6 is 11.6 Å². The van der Waals surface area contributed by atoms with Crippen molar-refractivity contribution in [1.82, 2.24) is 43.2 Å². The zero-order chi connectivity index (χ0) is 104. The number of aliphatic hydroxyl groups is 5. The lowest BCUT2D eigenvalue weighted by Gasteiger charge is -2.54. The minimum Gasteiger partial charge on any atom is -0.390 e. The summed E-state index contributed by atoms with van der Waals surface area (Å²) >= 11 is 5.62. The molecule has 0 aliphatic heterocycles. The number of rotatable bonds is 18. The standard InChI is InChI=1S/C30H39NO.C27H34ClNO.C26H38N2O2.C25H34F2N2O.C24H35N3O/c1-21(20-31-17-3-4-18-31)27-9-10-28-26-8-7-23-19-30(32,15-11-22-5-6-22)16-13-24(23)25(26)12-14-29(27,28)2;1-19(18-29-15-3-4-16-29)24-7-8-25-23-6-5-20-17-27(30,13-14-28)12-10-21(20)22(23)9-11-26(24,25)2;1-18(15-28-13-12-27-17-28)23-6-7-24-22-5-4-19-14-26(29,16-30-3)11-9-20(19)21(22)8-10-25(23,24)2;1-16(14-29-12-11-28-15-29)21-5-6-22-20-4-3-17-13-25(30,23(26)27)10-8-18(17)19(20)7-9-24(21,22)2;1-16(15-27-25-12-13-26-27)21-6-7-22-20-5-4-17-14-23(2,28)10-8-18(17)19(20)9-11-24(21,22)3/h3-4,7,17-18,22,24-28,32H,1,5-6,8-10,12-14,16,19-20H2,2H3;3-5,15-16,21-25,30H,1,6-12,17-18H2,2H3;4,12-13,17,20-24,29H,1,5-11,14-16H2,2-3H3;3,11-12,15,18-23,30H,1,4-10,13-14H2,2H3;4,12-13,18-22,28H,1,5-11,14-15H2,2-3H3/t24-,25+,26+,27+,28-,29+,30-;21-,22+,23+,24+,25-,26+,27+;20-,21+,22+,23+,24-,25+,26-;18-,19+,20+,21+,22-,24+,25-;18-,19+,20+,21+,22-,23-,24+/m00000/s1. The lowest BCUT2D eigenvalue weighted by atomic mass is 9.51. The van der Waals surface area contributed by atoms with Gasteiger partial charge in [-0.05, 0) is 468 Å². The van der Waals surface area contributed by atoms with Crippen molar-refractivity contribution in [2.75, 3.05) is 13.7 Å². The number of methoxy groups -OCH3 is 1. The molecule has 5 aromatic heterocycles. The Hall–Kier alpha value is -7.45. The number of hydrogen-bond acceptors (Lipinski definition) is 10. The molecule has 810 valence electrons. The summed E-state index contributed by atoms with van der Waals surface area (Å²) in [7, 11) is 1.70. The van der Waals surface area contributed by atoms with Crippen molar-refractivity contribution in [3.8, 4) is 23.1 Å². The second kappa shape index (κ2) is 42.5. The topological polar surface area (TPSA) is 187 Å². The number of aromatic nitrogens is 9. The van der Waals surface area contributed by atoms with E-state index in [0.29, 0.717) is 123 Å². The summed E-state index contributed by atoms with van der Waals surface area (Å²) in [4.78, 5) is 10.2. The Labute approximate surface area is 902 Å². The lowest BCUT2D eigenvalue weighted by molar-refractivity contribution is -0.119. The van der Waals surface area contributed by atoms with Crippen LogP contribution in [0, 0.1) is 204 Å². The Kier molecular flexibility index (Phi) is 30.2.